The van der Waals surface area contributed by atoms with Gasteiger partial charge >= 0.3 is 0 Å². The van der Waals surface area contributed by atoms with Crippen LogP contribution in [0.15, 0.2) is 18.2 Å². The molecule has 0 spiro atoms. The zero-order valence-electron chi connectivity index (χ0n) is 10.5. The zero-order valence-corrected chi connectivity index (χ0v) is 10.5. The topological polar surface area (TPSA) is 12.0 Å². The molecular weight excluding hydrogens is 201 g/mol. The maximum absolute atomic E-state index is 13.1. The highest BCUT2D eigenvalue weighted by atomic mass is 19.1. The van der Waals surface area contributed by atoms with Crippen LogP contribution in [0.5, 0.6) is 0 Å². The minimum atomic E-state index is -0.109. The quantitative estimate of drug-likeness (QED) is 0.779. The van der Waals surface area contributed by atoms with Gasteiger partial charge in [0.25, 0.3) is 0 Å². The number of benzene rings is 1. The molecule has 1 rings (SSSR count). The van der Waals surface area contributed by atoms with Crippen molar-refractivity contribution in [2.75, 3.05) is 7.05 Å². The Morgan fingerprint density at radius 3 is 2.62 bits per heavy atom. The number of rotatable bonds is 6. The molecule has 0 fully saturated rings. The Labute approximate surface area is 98.1 Å². The molecule has 0 saturated carbocycles. The predicted octanol–water partition coefficient (Wildman–Crippen LogP) is 3.45. The number of aryl methyl sites for hydroxylation is 2. The summed E-state index contributed by atoms with van der Waals surface area (Å²) in [5, 5.41) is 3.33. The third-order valence-corrected chi connectivity index (χ3v) is 3.05. The molecule has 0 aliphatic heterocycles. The lowest BCUT2D eigenvalue weighted by Gasteiger charge is -2.15. The highest BCUT2D eigenvalue weighted by Gasteiger charge is 2.05. The predicted molar refractivity (Wildman–Crippen MR) is 67.2 cm³/mol. The maximum Gasteiger partial charge on any atom is 0.126 e. The molecular formula is C14H22FN. The Bertz CT molecular complexity index is 323. The molecule has 1 unspecified atom stereocenters. The summed E-state index contributed by atoms with van der Waals surface area (Å²) < 4.78 is 13.1. The van der Waals surface area contributed by atoms with E-state index in [9.17, 15) is 4.39 Å². The summed E-state index contributed by atoms with van der Waals surface area (Å²) in [6, 6.07) is 5.99. The molecule has 0 heterocycles. The van der Waals surface area contributed by atoms with E-state index >= 15 is 0 Å². The van der Waals surface area contributed by atoms with Crippen molar-refractivity contribution < 1.29 is 4.39 Å². The van der Waals surface area contributed by atoms with Crippen molar-refractivity contribution in [1.29, 1.82) is 0 Å². The van der Waals surface area contributed by atoms with E-state index in [1.165, 1.54) is 18.4 Å². The van der Waals surface area contributed by atoms with E-state index < -0.39 is 0 Å². The van der Waals surface area contributed by atoms with Gasteiger partial charge in [-0.3, -0.25) is 0 Å². The van der Waals surface area contributed by atoms with Crippen molar-refractivity contribution >= 4 is 0 Å². The van der Waals surface area contributed by atoms with Crippen molar-refractivity contribution in [1.82, 2.24) is 5.32 Å². The molecule has 90 valence electrons. The Balaban J connectivity index is 2.50. The molecule has 16 heavy (non-hydrogen) atoms. The van der Waals surface area contributed by atoms with Gasteiger partial charge in [-0.1, -0.05) is 25.5 Å². The minimum absolute atomic E-state index is 0.109. The van der Waals surface area contributed by atoms with Crippen molar-refractivity contribution in [2.24, 2.45) is 0 Å². The molecule has 1 aromatic rings. The molecule has 1 aromatic carbocycles. The first kappa shape index (κ1) is 13.2. The molecule has 0 radical (unpaired) electrons. The monoisotopic (exact) mass is 223 g/mol. The lowest BCUT2D eigenvalue weighted by atomic mass is 10.0. The van der Waals surface area contributed by atoms with Crippen LogP contribution >= 0.6 is 0 Å². The van der Waals surface area contributed by atoms with Gasteiger partial charge < -0.3 is 5.32 Å². The summed E-state index contributed by atoms with van der Waals surface area (Å²) in [7, 11) is 2.01. The van der Waals surface area contributed by atoms with Crippen LogP contribution < -0.4 is 5.32 Å². The number of hydrogen-bond donors (Lipinski definition) is 1. The van der Waals surface area contributed by atoms with Gasteiger partial charge in [0.05, 0.1) is 0 Å². The standard InChI is InChI=1S/C14H22FN/c1-4-5-13(16-3)8-6-12-7-9-14(15)11(2)10-12/h7,9-10,13,16H,4-6,8H2,1-3H3. The van der Waals surface area contributed by atoms with Crippen LogP contribution in [0.3, 0.4) is 0 Å². The van der Waals surface area contributed by atoms with Crippen LogP contribution in [0.1, 0.15) is 37.3 Å². The van der Waals surface area contributed by atoms with Gasteiger partial charge in [0.15, 0.2) is 0 Å². The van der Waals surface area contributed by atoms with Crippen LogP contribution in [0, 0.1) is 12.7 Å². The average molecular weight is 223 g/mol. The van der Waals surface area contributed by atoms with Gasteiger partial charge in [0, 0.05) is 6.04 Å². The molecule has 1 nitrogen and oxygen atoms in total. The normalized spacial score (nSPS) is 12.8. The highest BCUT2D eigenvalue weighted by molar-refractivity contribution is 5.24. The summed E-state index contributed by atoms with van der Waals surface area (Å²) in [6.07, 6.45) is 4.55. The Morgan fingerprint density at radius 1 is 1.31 bits per heavy atom. The zero-order chi connectivity index (χ0) is 12.0. The Morgan fingerprint density at radius 2 is 2.06 bits per heavy atom. The summed E-state index contributed by atoms with van der Waals surface area (Å²) in [4.78, 5) is 0. The fraction of sp³-hybridized carbons (Fsp3) is 0.571. The van der Waals surface area contributed by atoms with Gasteiger partial charge in [0.2, 0.25) is 0 Å². The molecule has 0 aliphatic carbocycles. The molecule has 1 atom stereocenters. The second-order valence-corrected chi connectivity index (χ2v) is 4.40. The summed E-state index contributed by atoms with van der Waals surface area (Å²) in [5.41, 5.74) is 1.98. The fourth-order valence-electron chi connectivity index (χ4n) is 1.98. The number of halogens is 1. The molecule has 2 heteroatoms. The molecule has 0 saturated heterocycles. The lowest BCUT2D eigenvalue weighted by Crippen LogP contribution is -2.25. The van der Waals surface area contributed by atoms with Crippen LogP contribution in [-0.4, -0.2) is 13.1 Å². The minimum Gasteiger partial charge on any atom is -0.317 e. The molecule has 0 aliphatic rings. The van der Waals surface area contributed by atoms with Crippen LogP contribution in [-0.2, 0) is 6.42 Å². The van der Waals surface area contributed by atoms with Crippen LogP contribution in [0.25, 0.3) is 0 Å². The second-order valence-electron chi connectivity index (χ2n) is 4.40. The summed E-state index contributed by atoms with van der Waals surface area (Å²) in [6.45, 7) is 4.02. The van der Waals surface area contributed by atoms with Crippen molar-refractivity contribution in [3.05, 3.63) is 35.1 Å². The van der Waals surface area contributed by atoms with Crippen molar-refractivity contribution in [2.45, 2.75) is 45.6 Å². The van der Waals surface area contributed by atoms with E-state index in [4.69, 9.17) is 0 Å². The van der Waals surface area contributed by atoms with E-state index in [0.717, 1.165) is 18.4 Å². The van der Waals surface area contributed by atoms with Crippen LogP contribution in [0.4, 0.5) is 4.39 Å². The van der Waals surface area contributed by atoms with Crippen molar-refractivity contribution in [3.63, 3.8) is 0 Å². The Hall–Kier alpha value is -0.890. The van der Waals surface area contributed by atoms with E-state index in [1.54, 1.807) is 6.07 Å². The maximum atomic E-state index is 13.1. The van der Waals surface area contributed by atoms with Gasteiger partial charge in [0.1, 0.15) is 5.82 Å². The SMILES string of the molecule is CCCC(CCc1ccc(F)c(C)c1)NC. The van der Waals surface area contributed by atoms with Gasteiger partial charge in [-0.15, -0.1) is 0 Å². The van der Waals surface area contributed by atoms with E-state index in [2.05, 4.69) is 12.2 Å². The molecule has 1 N–H and O–H groups in total. The first-order valence-electron chi connectivity index (χ1n) is 6.09. The second kappa shape index (κ2) is 6.64. The van der Waals surface area contributed by atoms with E-state index in [-0.39, 0.29) is 5.82 Å². The summed E-state index contributed by atoms with van der Waals surface area (Å²) >= 11 is 0. The third kappa shape index (κ3) is 3.93. The summed E-state index contributed by atoms with van der Waals surface area (Å²) in [5.74, 6) is -0.109. The first-order valence-corrected chi connectivity index (χ1v) is 6.09. The lowest BCUT2D eigenvalue weighted by molar-refractivity contribution is 0.484. The molecule has 0 aromatic heterocycles. The van der Waals surface area contributed by atoms with Crippen LogP contribution in [0.2, 0.25) is 0 Å². The number of hydrogen-bond acceptors (Lipinski definition) is 1. The first-order chi connectivity index (χ1) is 7.67. The Kier molecular flexibility index (Phi) is 5.47. The fourth-order valence-corrected chi connectivity index (χ4v) is 1.98. The average Bonchev–Trinajstić information content (AvgIpc) is 2.28. The van der Waals surface area contributed by atoms with Gasteiger partial charge in [-0.25, -0.2) is 4.39 Å². The van der Waals surface area contributed by atoms with Gasteiger partial charge in [-0.05, 0) is 50.4 Å². The highest BCUT2D eigenvalue weighted by Crippen LogP contribution is 2.13. The van der Waals surface area contributed by atoms with E-state index in [0.29, 0.717) is 6.04 Å². The molecule has 0 amide bonds. The smallest absolute Gasteiger partial charge is 0.126 e. The van der Waals surface area contributed by atoms with Gasteiger partial charge in [-0.2, -0.15) is 0 Å². The van der Waals surface area contributed by atoms with E-state index in [1.807, 2.05) is 26.1 Å². The van der Waals surface area contributed by atoms with Crippen molar-refractivity contribution in [3.8, 4) is 0 Å². The number of nitrogens with one attached hydrogen (secondary N) is 1. The largest absolute Gasteiger partial charge is 0.317 e. The molecule has 0 bridgehead atoms. The third-order valence-electron chi connectivity index (χ3n) is 3.05.